The molecule has 146 valence electrons. The molecule has 0 aliphatic heterocycles. The number of rotatable bonds is 6. The van der Waals surface area contributed by atoms with Gasteiger partial charge in [0, 0.05) is 6.20 Å². The van der Waals surface area contributed by atoms with Crippen molar-refractivity contribution in [3.63, 3.8) is 0 Å². The molecule has 0 saturated heterocycles. The summed E-state index contributed by atoms with van der Waals surface area (Å²) in [5.74, 6) is -1.93. The number of sulfonamides is 1. The normalized spacial score (nSPS) is 11.9. The van der Waals surface area contributed by atoms with Crippen LogP contribution < -0.4 is 10.3 Å². The van der Waals surface area contributed by atoms with E-state index in [4.69, 9.17) is 0 Å². The van der Waals surface area contributed by atoms with Gasteiger partial charge in [-0.15, -0.1) is 4.83 Å². The molecule has 0 radical (unpaired) electrons. The molecule has 0 unspecified atom stereocenters. The van der Waals surface area contributed by atoms with Gasteiger partial charge in [0.25, 0.3) is 10.0 Å². The molecule has 27 heavy (non-hydrogen) atoms. The second kappa shape index (κ2) is 7.88. The SMILES string of the molecule is CCOC(=O)c1cnc(NNS(=O)(=O)c2ccc(C)cc2)nc1C(F)(F)F. The third-order valence-electron chi connectivity index (χ3n) is 3.18. The lowest BCUT2D eigenvalue weighted by Gasteiger charge is -2.13. The van der Waals surface area contributed by atoms with Gasteiger partial charge in [-0.05, 0) is 26.0 Å². The van der Waals surface area contributed by atoms with Crippen LogP contribution in [0.4, 0.5) is 19.1 Å². The Labute approximate surface area is 152 Å². The number of ether oxygens (including phenoxy) is 1. The molecule has 0 saturated carbocycles. The first-order chi connectivity index (χ1) is 12.5. The molecular formula is C15H15F3N4O4S. The summed E-state index contributed by atoms with van der Waals surface area (Å²) in [6.45, 7) is 3.06. The number of carbonyl (C=O) groups is 1. The first-order valence-electron chi connectivity index (χ1n) is 7.50. The molecule has 0 spiro atoms. The minimum Gasteiger partial charge on any atom is -0.462 e. The lowest BCUT2D eigenvalue weighted by Crippen LogP contribution is -2.31. The Morgan fingerprint density at radius 1 is 1.22 bits per heavy atom. The predicted molar refractivity (Wildman–Crippen MR) is 88.1 cm³/mol. The number of esters is 1. The van der Waals surface area contributed by atoms with Crippen LogP contribution >= 0.6 is 0 Å². The number of aromatic nitrogens is 2. The number of hydrogen-bond acceptors (Lipinski definition) is 7. The Hall–Kier alpha value is -2.73. The van der Waals surface area contributed by atoms with E-state index in [-0.39, 0.29) is 11.5 Å². The summed E-state index contributed by atoms with van der Waals surface area (Å²) in [6, 6.07) is 5.76. The van der Waals surface area contributed by atoms with Crippen LogP contribution in [0.2, 0.25) is 0 Å². The Morgan fingerprint density at radius 2 is 1.85 bits per heavy atom. The lowest BCUT2D eigenvalue weighted by molar-refractivity contribution is -0.141. The highest BCUT2D eigenvalue weighted by Gasteiger charge is 2.38. The number of halogens is 3. The van der Waals surface area contributed by atoms with Crippen molar-refractivity contribution in [3.8, 4) is 0 Å². The largest absolute Gasteiger partial charge is 0.462 e. The van der Waals surface area contributed by atoms with Crippen molar-refractivity contribution >= 4 is 21.9 Å². The molecule has 8 nitrogen and oxygen atoms in total. The zero-order chi connectivity index (χ0) is 20.2. The summed E-state index contributed by atoms with van der Waals surface area (Å²) in [5.41, 5.74) is 0.398. The molecule has 0 aliphatic carbocycles. The van der Waals surface area contributed by atoms with Crippen LogP contribution in [0.25, 0.3) is 0 Å². The molecule has 1 aromatic carbocycles. The monoisotopic (exact) mass is 404 g/mol. The molecule has 0 amide bonds. The van der Waals surface area contributed by atoms with Crippen LogP contribution in [0.1, 0.15) is 28.5 Å². The van der Waals surface area contributed by atoms with E-state index in [2.05, 4.69) is 14.7 Å². The molecule has 12 heteroatoms. The number of anilines is 1. The van der Waals surface area contributed by atoms with Gasteiger partial charge in [0.1, 0.15) is 5.56 Å². The number of aryl methyl sites for hydroxylation is 1. The second-order valence-corrected chi connectivity index (χ2v) is 6.90. The van der Waals surface area contributed by atoms with Crippen LogP contribution in [0, 0.1) is 6.92 Å². The zero-order valence-corrected chi connectivity index (χ0v) is 15.0. The highest BCUT2D eigenvalue weighted by atomic mass is 32.2. The van der Waals surface area contributed by atoms with Gasteiger partial charge in [0.05, 0.1) is 11.5 Å². The number of hydrazine groups is 1. The molecule has 0 fully saturated rings. The number of benzene rings is 1. The molecule has 2 aromatic rings. The van der Waals surface area contributed by atoms with Gasteiger partial charge >= 0.3 is 12.1 Å². The Balaban J connectivity index is 2.26. The first kappa shape index (κ1) is 20.6. The van der Waals surface area contributed by atoms with Crippen molar-refractivity contribution in [1.82, 2.24) is 14.8 Å². The van der Waals surface area contributed by atoms with E-state index in [0.717, 1.165) is 5.56 Å². The fourth-order valence-electron chi connectivity index (χ4n) is 1.91. The van der Waals surface area contributed by atoms with Gasteiger partial charge in [-0.1, -0.05) is 17.7 Å². The Kier molecular flexibility index (Phi) is 6.01. The quantitative estimate of drug-likeness (QED) is 0.561. The number of hydrogen-bond donors (Lipinski definition) is 2. The summed E-state index contributed by atoms with van der Waals surface area (Å²) < 4.78 is 68.2. The van der Waals surface area contributed by atoms with Crippen molar-refractivity contribution in [2.24, 2.45) is 0 Å². The van der Waals surface area contributed by atoms with E-state index in [1.54, 1.807) is 19.1 Å². The average Bonchev–Trinajstić information content (AvgIpc) is 2.59. The first-order valence-corrected chi connectivity index (χ1v) is 8.98. The lowest BCUT2D eigenvalue weighted by atomic mass is 10.2. The standard InChI is InChI=1S/C15H15F3N4O4S/c1-3-26-13(23)11-8-19-14(20-12(11)15(16,17)18)21-22-27(24,25)10-6-4-9(2)5-7-10/h4-8,22H,3H2,1-2H3,(H,19,20,21). The van der Waals surface area contributed by atoms with Crippen LogP contribution in [0.15, 0.2) is 35.4 Å². The molecule has 0 aliphatic rings. The molecule has 2 N–H and O–H groups in total. The number of nitrogens with zero attached hydrogens (tertiary/aromatic N) is 2. The zero-order valence-electron chi connectivity index (χ0n) is 14.2. The number of nitrogens with one attached hydrogen (secondary N) is 2. The van der Waals surface area contributed by atoms with Crippen molar-refractivity contribution in [1.29, 1.82) is 0 Å². The highest BCUT2D eigenvalue weighted by Crippen LogP contribution is 2.31. The number of carbonyl (C=O) groups excluding carboxylic acids is 1. The third-order valence-corrected chi connectivity index (χ3v) is 4.44. The van der Waals surface area contributed by atoms with Crippen LogP contribution in [0.5, 0.6) is 0 Å². The van der Waals surface area contributed by atoms with Crippen LogP contribution in [-0.2, 0) is 20.9 Å². The van der Waals surface area contributed by atoms with Gasteiger partial charge < -0.3 is 4.74 Å². The topological polar surface area (TPSA) is 110 Å². The highest BCUT2D eigenvalue weighted by molar-refractivity contribution is 7.89. The van der Waals surface area contributed by atoms with Gasteiger partial charge in [-0.2, -0.15) is 13.2 Å². The number of alkyl halides is 3. The average molecular weight is 404 g/mol. The Bertz CT molecular complexity index is 931. The van der Waals surface area contributed by atoms with Crippen molar-refractivity contribution in [2.75, 3.05) is 12.0 Å². The fraction of sp³-hybridized carbons (Fsp3) is 0.267. The van der Waals surface area contributed by atoms with Crippen molar-refractivity contribution in [2.45, 2.75) is 24.9 Å². The summed E-state index contributed by atoms with van der Waals surface area (Å²) in [5, 5.41) is 0. The van der Waals surface area contributed by atoms with E-state index in [1.807, 2.05) is 10.3 Å². The Morgan fingerprint density at radius 3 is 2.41 bits per heavy atom. The second-order valence-electron chi connectivity index (χ2n) is 5.22. The fourth-order valence-corrected chi connectivity index (χ4v) is 2.74. The predicted octanol–water partition coefficient (Wildman–Crippen LogP) is 2.29. The maximum absolute atomic E-state index is 13.1. The van der Waals surface area contributed by atoms with Gasteiger partial charge in [-0.3, -0.25) is 5.43 Å². The molecule has 1 aromatic heterocycles. The maximum Gasteiger partial charge on any atom is 0.434 e. The van der Waals surface area contributed by atoms with Crippen molar-refractivity contribution < 1.29 is 31.1 Å². The summed E-state index contributed by atoms with van der Waals surface area (Å²) in [4.78, 5) is 20.1. The van der Waals surface area contributed by atoms with E-state index in [1.165, 1.54) is 19.1 Å². The van der Waals surface area contributed by atoms with Crippen LogP contribution in [-0.4, -0.2) is 31.0 Å². The van der Waals surface area contributed by atoms with Crippen LogP contribution in [0.3, 0.4) is 0 Å². The smallest absolute Gasteiger partial charge is 0.434 e. The summed E-state index contributed by atoms with van der Waals surface area (Å²) in [6.07, 6.45) is -4.37. The minimum atomic E-state index is -4.97. The van der Waals surface area contributed by atoms with Gasteiger partial charge in [0.2, 0.25) is 5.95 Å². The van der Waals surface area contributed by atoms with Gasteiger partial charge in [0.15, 0.2) is 5.69 Å². The summed E-state index contributed by atoms with van der Waals surface area (Å²) in [7, 11) is -4.07. The van der Waals surface area contributed by atoms with E-state index in [9.17, 15) is 26.4 Å². The molecular weight excluding hydrogens is 389 g/mol. The summed E-state index contributed by atoms with van der Waals surface area (Å²) >= 11 is 0. The molecule has 0 bridgehead atoms. The maximum atomic E-state index is 13.1. The molecule has 2 rings (SSSR count). The molecule has 0 atom stereocenters. The van der Waals surface area contributed by atoms with E-state index >= 15 is 0 Å². The van der Waals surface area contributed by atoms with E-state index in [0.29, 0.717) is 6.20 Å². The van der Waals surface area contributed by atoms with E-state index < -0.39 is 39.4 Å². The minimum absolute atomic E-state index is 0.111. The molecule has 1 heterocycles. The van der Waals surface area contributed by atoms with Gasteiger partial charge in [-0.25, -0.2) is 23.2 Å². The third kappa shape index (κ3) is 5.14. The van der Waals surface area contributed by atoms with Crippen molar-refractivity contribution in [3.05, 3.63) is 47.3 Å².